The van der Waals surface area contributed by atoms with Gasteiger partial charge in [0.25, 0.3) is 5.91 Å². The molecule has 1 N–H and O–H groups in total. The Morgan fingerprint density at radius 1 is 0.736 bits per heavy atom. The number of likely N-dealkylation sites (tertiary alicyclic amines) is 2. The maximum Gasteiger partial charge on any atom is 0.416 e. The third kappa shape index (κ3) is 8.26. The summed E-state index contributed by atoms with van der Waals surface area (Å²) in [5.74, 6) is -0.986. The first-order valence-corrected chi connectivity index (χ1v) is 18.0. The lowest BCUT2D eigenvalue weighted by atomic mass is 9.92. The summed E-state index contributed by atoms with van der Waals surface area (Å²) in [5.41, 5.74) is 1.27. The molecular formula is C42H40F6N4O. The molecule has 0 aliphatic carbocycles. The molecule has 7 rings (SSSR count). The highest BCUT2D eigenvalue weighted by molar-refractivity contribution is 6.10. The predicted octanol–water partition coefficient (Wildman–Crippen LogP) is 10.1. The van der Waals surface area contributed by atoms with Crippen LogP contribution >= 0.6 is 0 Å². The summed E-state index contributed by atoms with van der Waals surface area (Å²) >= 11 is 0. The van der Waals surface area contributed by atoms with Gasteiger partial charge in [-0.25, -0.2) is 4.98 Å². The van der Waals surface area contributed by atoms with Gasteiger partial charge in [-0.2, -0.15) is 26.3 Å². The van der Waals surface area contributed by atoms with Gasteiger partial charge in [-0.1, -0.05) is 85.3 Å². The summed E-state index contributed by atoms with van der Waals surface area (Å²) in [4.78, 5) is 24.2. The molecule has 3 heterocycles. The number of piperidine rings is 2. The second-order valence-electron chi connectivity index (χ2n) is 14.0. The Kier molecular flexibility index (Phi) is 10.6. The second kappa shape index (κ2) is 15.3. The number of alkyl halides is 6. The number of benzene rings is 4. The van der Waals surface area contributed by atoms with Crippen LogP contribution < -0.4 is 5.32 Å². The smallest absolute Gasteiger partial charge is 0.337 e. The maximum atomic E-state index is 14.7. The molecule has 4 aromatic carbocycles. The van der Waals surface area contributed by atoms with E-state index in [4.69, 9.17) is 4.98 Å². The van der Waals surface area contributed by atoms with E-state index in [1.54, 1.807) is 24.3 Å². The van der Waals surface area contributed by atoms with Crippen molar-refractivity contribution in [2.24, 2.45) is 0 Å². The number of aromatic nitrogens is 1. The fraction of sp³-hybridized carbons (Fsp3) is 0.333. The van der Waals surface area contributed by atoms with Crippen LogP contribution in [0.4, 0.5) is 26.3 Å². The van der Waals surface area contributed by atoms with Crippen molar-refractivity contribution in [3.05, 3.63) is 125 Å². The Labute approximate surface area is 304 Å². The molecule has 2 aliphatic heterocycles. The zero-order valence-corrected chi connectivity index (χ0v) is 29.1. The number of hydrogen-bond donors (Lipinski definition) is 1. The van der Waals surface area contributed by atoms with Gasteiger partial charge in [-0.3, -0.25) is 9.69 Å². The number of rotatable bonds is 8. The van der Waals surface area contributed by atoms with Crippen molar-refractivity contribution in [3.8, 4) is 22.4 Å². The van der Waals surface area contributed by atoms with Crippen LogP contribution in [0.15, 0.2) is 103 Å². The Morgan fingerprint density at radius 2 is 1.40 bits per heavy atom. The van der Waals surface area contributed by atoms with E-state index in [1.807, 2.05) is 30.3 Å². The third-order valence-electron chi connectivity index (χ3n) is 10.5. The molecule has 0 spiro atoms. The summed E-state index contributed by atoms with van der Waals surface area (Å²) in [5, 5.41) is 2.60. The highest BCUT2D eigenvalue weighted by atomic mass is 19.4. The molecule has 1 amide bonds. The number of nitrogens with zero attached hydrogens (tertiary/aromatic N) is 3. The van der Waals surface area contributed by atoms with Crippen molar-refractivity contribution in [2.75, 3.05) is 26.2 Å². The minimum atomic E-state index is -4.84. The molecule has 0 bridgehead atoms. The van der Waals surface area contributed by atoms with E-state index in [9.17, 15) is 31.1 Å². The van der Waals surface area contributed by atoms with E-state index >= 15 is 0 Å². The van der Waals surface area contributed by atoms with E-state index in [1.165, 1.54) is 42.8 Å². The monoisotopic (exact) mass is 730 g/mol. The van der Waals surface area contributed by atoms with Crippen molar-refractivity contribution in [1.29, 1.82) is 0 Å². The normalized spacial score (nSPS) is 17.2. The molecule has 0 saturated carbocycles. The standard InChI is InChI=1S/C42H40F6N4O/c43-41(44,45)32-16-10-15-31(25-32)38-35(27-51-23-19-33(20-24-51)52-21-8-3-9-22-52)37(40(53)50-39(42(46,47)48)29-13-6-2-7-14-29)34-26-30(17-18-36(34)49-38)28-11-4-1-5-12-28/h1-2,4-7,10-18,25-26,33,39H,3,8-9,19-24,27H2,(H,50,53)/t39-/m1/s1. The minimum Gasteiger partial charge on any atom is -0.337 e. The maximum absolute atomic E-state index is 14.7. The number of carbonyl (C=O) groups is 1. The van der Waals surface area contributed by atoms with Crippen molar-refractivity contribution in [1.82, 2.24) is 20.1 Å². The van der Waals surface area contributed by atoms with Crippen LogP contribution in [0.2, 0.25) is 0 Å². The van der Waals surface area contributed by atoms with Gasteiger partial charge in [0, 0.05) is 29.1 Å². The van der Waals surface area contributed by atoms with Crippen molar-refractivity contribution >= 4 is 16.8 Å². The molecule has 1 atom stereocenters. The second-order valence-corrected chi connectivity index (χ2v) is 14.0. The highest BCUT2D eigenvalue weighted by Gasteiger charge is 2.43. The molecule has 0 unspecified atom stereocenters. The van der Waals surface area contributed by atoms with Gasteiger partial charge < -0.3 is 10.2 Å². The Hall–Kier alpha value is -4.74. The molecular weight excluding hydrogens is 690 g/mol. The van der Waals surface area contributed by atoms with Crippen LogP contribution in [-0.4, -0.2) is 59.1 Å². The van der Waals surface area contributed by atoms with E-state index in [0.717, 1.165) is 56.5 Å². The zero-order valence-electron chi connectivity index (χ0n) is 29.1. The molecule has 2 saturated heterocycles. The van der Waals surface area contributed by atoms with Crippen LogP contribution in [0.1, 0.15) is 65.2 Å². The van der Waals surface area contributed by atoms with E-state index in [0.29, 0.717) is 30.1 Å². The van der Waals surface area contributed by atoms with Gasteiger partial charge in [0.2, 0.25) is 0 Å². The van der Waals surface area contributed by atoms with Gasteiger partial charge in [0.1, 0.15) is 0 Å². The zero-order chi connectivity index (χ0) is 37.2. The van der Waals surface area contributed by atoms with Crippen LogP contribution in [0.5, 0.6) is 0 Å². The molecule has 5 nitrogen and oxygen atoms in total. The van der Waals surface area contributed by atoms with Gasteiger partial charge in [-0.05, 0) is 92.8 Å². The predicted molar refractivity (Wildman–Crippen MR) is 194 cm³/mol. The fourth-order valence-electron chi connectivity index (χ4n) is 7.76. The van der Waals surface area contributed by atoms with Crippen molar-refractivity contribution in [2.45, 2.75) is 63.1 Å². The molecule has 1 aromatic heterocycles. The SMILES string of the molecule is O=C(N[C@H](c1ccccc1)C(F)(F)F)c1c(CN2CCC(N3CCCCC3)CC2)c(-c2cccc(C(F)(F)F)c2)nc2ccc(-c3ccccc3)cc12. The summed E-state index contributed by atoms with van der Waals surface area (Å²) < 4.78 is 86.2. The number of hydrogen-bond acceptors (Lipinski definition) is 4. The van der Waals surface area contributed by atoms with Crippen molar-refractivity contribution in [3.63, 3.8) is 0 Å². The van der Waals surface area contributed by atoms with Crippen LogP contribution in [0.3, 0.4) is 0 Å². The molecule has 276 valence electrons. The summed E-state index contributed by atoms with van der Waals surface area (Å²) in [6.45, 7) is 3.52. The van der Waals surface area contributed by atoms with Crippen LogP contribution in [0, 0.1) is 0 Å². The Balaban J connectivity index is 1.39. The molecule has 53 heavy (non-hydrogen) atoms. The van der Waals surface area contributed by atoms with Crippen LogP contribution in [0.25, 0.3) is 33.3 Å². The van der Waals surface area contributed by atoms with Gasteiger partial charge in [0.05, 0.1) is 22.3 Å². The lowest BCUT2D eigenvalue weighted by Crippen LogP contribution is -2.46. The lowest BCUT2D eigenvalue weighted by molar-refractivity contribution is -0.155. The van der Waals surface area contributed by atoms with Crippen LogP contribution in [-0.2, 0) is 12.7 Å². The fourth-order valence-corrected chi connectivity index (χ4v) is 7.76. The number of amides is 1. The first-order valence-electron chi connectivity index (χ1n) is 18.0. The lowest BCUT2D eigenvalue weighted by Gasteiger charge is -2.40. The molecule has 2 fully saturated rings. The van der Waals surface area contributed by atoms with Gasteiger partial charge in [0.15, 0.2) is 6.04 Å². The third-order valence-corrected chi connectivity index (χ3v) is 10.5. The number of nitrogens with one attached hydrogen (secondary N) is 1. The number of fused-ring (bicyclic) bond motifs is 1. The summed E-state index contributed by atoms with van der Waals surface area (Å²) in [6.07, 6.45) is -4.21. The summed E-state index contributed by atoms with van der Waals surface area (Å²) in [6, 6.07) is 24.5. The Morgan fingerprint density at radius 3 is 2.06 bits per heavy atom. The molecule has 2 aliphatic rings. The average Bonchev–Trinajstić information content (AvgIpc) is 3.17. The quantitative estimate of drug-likeness (QED) is 0.162. The van der Waals surface area contributed by atoms with Gasteiger partial charge >= 0.3 is 12.4 Å². The number of carbonyl (C=O) groups excluding carboxylic acids is 1. The first-order chi connectivity index (χ1) is 25.5. The topological polar surface area (TPSA) is 48.5 Å². The summed E-state index contributed by atoms with van der Waals surface area (Å²) in [7, 11) is 0. The van der Waals surface area contributed by atoms with E-state index in [2.05, 4.69) is 15.1 Å². The highest BCUT2D eigenvalue weighted by Crippen LogP contribution is 2.39. The molecule has 5 aromatic rings. The van der Waals surface area contributed by atoms with E-state index < -0.39 is 29.9 Å². The van der Waals surface area contributed by atoms with Gasteiger partial charge in [-0.15, -0.1) is 0 Å². The van der Waals surface area contributed by atoms with Crippen molar-refractivity contribution < 1.29 is 31.1 Å². The average molecular weight is 731 g/mol. The number of halogens is 6. The van der Waals surface area contributed by atoms with E-state index in [-0.39, 0.29) is 40.0 Å². The molecule has 0 radical (unpaired) electrons. The first kappa shape index (κ1) is 36.6. The largest absolute Gasteiger partial charge is 0.416 e. The molecule has 11 heteroatoms. The number of pyridine rings is 1. The minimum absolute atomic E-state index is 0.0384. The Bertz CT molecular complexity index is 2040.